The van der Waals surface area contributed by atoms with E-state index < -0.39 is 0 Å². The number of aliphatic hydroxyl groups excluding tert-OH is 1. The fourth-order valence-electron chi connectivity index (χ4n) is 4.72. The van der Waals surface area contributed by atoms with Gasteiger partial charge in [-0.25, -0.2) is 0 Å². The summed E-state index contributed by atoms with van der Waals surface area (Å²) in [5, 5.41) is 16.5. The molecular formula is C23H38IN3O2. The minimum atomic E-state index is -0.0152. The Morgan fingerprint density at radius 2 is 2.00 bits per heavy atom. The largest absolute Gasteiger partial charge is 0.396 e. The minimum Gasteiger partial charge on any atom is -0.396 e. The summed E-state index contributed by atoms with van der Waals surface area (Å²) in [5.41, 5.74) is 2.96. The summed E-state index contributed by atoms with van der Waals surface area (Å²) >= 11 is 0. The summed E-state index contributed by atoms with van der Waals surface area (Å²) in [7, 11) is 0. The van der Waals surface area contributed by atoms with E-state index in [1.807, 2.05) is 0 Å². The van der Waals surface area contributed by atoms with Gasteiger partial charge in [0.05, 0.1) is 13.2 Å². The number of halogens is 1. The van der Waals surface area contributed by atoms with Gasteiger partial charge in [-0.15, -0.1) is 24.0 Å². The molecule has 0 bridgehead atoms. The van der Waals surface area contributed by atoms with Crippen LogP contribution >= 0.6 is 24.0 Å². The molecule has 0 radical (unpaired) electrons. The number of aliphatic hydroxyl groups is 1. The van der Waals surface area contributed by atoms with Crippen LogP contribution in [0, 0.1) is 12.3 Å². The number of guanidine groups is 1. The second-order valence-electron chi connectivity index (χ2n) is 8.68. The zero-order valence-electron chi connectivity index (χ0n) is 18.0. The van der Waals surface area contributed by atoms with E-state index in [1.165, 1.54) is 36.8 Å². The first-order chi connectivity index (χ1) is 13.6. The van der Waals surface area contributed by atoms with Crippen molar-refractivity contribution in [2.75, 3.05) is 39.5 Å². The molecule has 0 amide bonds. The quantitative estimate of drug-likeness (QED) is 0.280. The maximum absolute atomic E-state index is 9.45. The molecule has 1 aliphatic heterocycles. The van der Waals surface area contributed by atoms with Gasteiger partial charge in [-0.05, 0) is 45.1 Å². The Labute approximate surface area is 193 Å². The van der Waals surface area contributed by atoms with Crippen LogP contribution < -0.4 is 10.6 Å². The minimum absolute atomic E-state index is 0. The summed E-state index contributed by atoms with van der Waals surface area (Å²) in [4.78, 5) is 4.89. The van der Waals surface area contributed by atoms with Crippen LogP contribution in [0.25, 0.3) is 0 Å². The molecule has 1 aromatic carbocycles. The Morgan fingerprint density at radius 3 is 2.62 bits per heavy atom. The zero-order chi connectivity index (χ0) is 19.9. The van der Waals surface area contributed by atoms with E-state index in [-0.39, 0.29) is 41.4 Å². The molecule has 1 heterocycles. The topological polar surface area (TPSA) is 65.9 Å². The van der Waals surface area contributed by atoms with Crippen molar-refractivity contribution in [2.24, 2.45) is 10.4 Å². The van der Waals surface area contributed by atoms with Crippen molar-refractivity contribution >= 4 is 29.9 Å². The number of ether oxygens (including phenoxy) is 1. The zero-order valence-corrected chi connectivity index (χ0v) is 20.3. The number of aryl methyl sites for hydroxylation is 1. The number of rotatable bonds is 8. The van der Waals surface area contributed by atoms with E-state index in [0.29, 0.717) is 13.2 Å². The fourth-order valence-corrected chi connectivity index (χ4v) is 4.72. The van der Waals surface area contributed by atoms with Gasteiger partial charge in [0.1, 0.15) is 0 Å². The van der Waals surface area contributed by atoms with Crippen molar-refractivity contribution in [1.82, 2.24) is 10.6 Å². The standard InChI is InChI=1S/C23H37N3O2.HI/c1-3-24-21(25-16-22(11-13-27)12-14-28-18-22)26-17-23(9-4-5-10-23)20-8-6-7-19(2)15-20;/h6-8,15,27H,3-5,9-14,16-18H2,1-2H3,(H2,24,25,26);1H. The van der Waals surface area contributed by atoms with E-state index in [0.717, 1.165) is 38.5 Å². The van der Waals surface area contributed by atoms with Gasteiger partial charge < -0.3 is 20.5 Å². The lowest BCUT2D eigenvalue weighted by Gasteiger charge is -2.31. The molecule has 0 spiro atoms. The van der Waals surface area contributed by atoms with E-state index >= 15 is 0 Å². The van der Waals surface area contributed by atoms with Crippen LogP contribution in [0.5, 0.6) is 0 Å². The molecule has 29 heavy (non-hydrogen) atoms. The van der Waals surface area contributed by atoms with Gasteiger partial charge in [0, 0.05) is 37.1 Å². The highest BCUT2D eigenvalue weighted by Gasteiger charge is 2.36. The maximum atomic E-state index is 9.45. The Hall–Kier alpha value is -0.860. The van der Waals surface area contributed by atoms with Crippen LogP contribution in [0.2, 0.25) is 0 Å². The monoisotopic (exact) mass is 515 g/mol. The summed E-state index contributed by atoms with van der Waals surface area (Å²) in [6.07, 6.45) is 6.77. The molecule has 3 N–H and O–H groups in total. The summed E-state index contributed by atoms with van der Waals surface area (Å²) in [6, 6.07) is 9.00. The predicted octanol–water partition coefficient (Wildman–Crippen LogP) is 3.77. The molecule has 2 fully saturated rings. The summed E-state index contributed by atoms with van der Waals surface area (Å²) < 4.78 is 5.61. The van der Waals surface area contributed by atoms with Crippen LogP contribution in [-0.4, -0.2) is 50.5 Å². The van der Waals surface area contributed by atoms with Crippen LogP contribution in [-0.2, 0) is 10.2 Å². The Bertz CT molecular complexity index is 653. The lowest BCUT2D eigenvalue weighted by atomic mass is 9.78. The van der Waals surface area contributed by atoms with E-state index in [1.54, 1.807) is 0 Å². The van der Waals surface area contributed by atoms with Gasteiger partial charge in [-0.2, -0.15) is 0 Å². The number of hydrogen-bond donors (Lipinski definition) is 3. The molecule has 1 unspecified atom stereocenters. The Kier molecular flexibility index (Phi) is 9.69. The summed E-state index contributed by atoms with van der Waals surface area (Å²) in [5.74, 6) is 0.880. The highest BCUT2D eigenvalue weighted by Crippen LogP contribution is 2.41. The van der Waals surface area contributed by atoms with Crippen LogP contribution in [0.1, 0.15) is 56.6 Å². The fraction of sp³-hybridized carbons (Fsp3) is 0.696. The van der Waals surface area contributed by atoms with E-state index in [4.69, 9.17) is 9.73 Å². The first-order valence-electron chi connectivity index (χ1n) is 10.9. The van der Waals surface area contributed by atoms with Gasteiger partial charge in [0.2, 0.25) is 0 Å². The molecule has 1 atom stereocenters. The third-order valence-corrected chi connectivity index (χ3v) is 6.53. The number of nitrogens with one attached hydrogen (secondary N) is 2. The van der Waals surface area contributed by atoms with Crippen molar-refractivity contribution in [1.29, 1.82) is 0 Å². The third-order valence-electron chi connectivity index (χ3n) is 6.53. The van der Waals surface area contributed by atoms with Crippen molar-refractivity contribution in [3.63, 3.8) is 0 Å². The highest BCUT2D eigenvalue weighted by atomic mass is 127. The van der Waals surface area contributed by atoms with Crippen molar-refractivity contribution in [3.8, 4) is 0 Å². The number of aliphatic imine (C=N–C) groups is 1. The molecule has 0 aromatic heterocycles. The molecular weight excluding hydrogens is 477 g/mol. The number of benzene rings is 1. The molecule has 1 saturated carbocycles. The third kappa shape index (κ3) is 6.31. The van der Waals surface area contributed by atoms with Gasteiger partial charge in [0.15, 0.2) is 5.96 Å². The smallest absolute Gasteiger partial charge is 0.191 e. The maximum Gasteiger partial charge on any atom is 0.191 e. The molecule has 5 nitrogen and oxygen atoms in total. The van der Waals surface area contributed by atoms with Crippen LogP contribution in [0.3, 0.4) is 0 Å². The molecule has 1 aliphatic carbocycles. The average molecular weight is 515 g/mol. The van der Waals surface area contributed by atoms with Gasteiger partial charge >= 0.3 is 0 Å². The van der Waals surface area contributed by atoms with E-state index in [9.17, 15) is 5.11 Å². The lowest BCUT2D eigenvalue weighted by molar-refractivity contribution is 0.131. The second-order valence-corrected chi connectivity index (χ2v) is 8.68. The highest BCUT2D eigenvalue weighted by molar-refractivity contribution is 14.0. The Balaban J connectivity index is 0.00000300. The molecule has 6 heteroatoms. The normalized spacial score (nSPS) is 23.6. The number of nitrogens with zero attached hydrogens (tertiary/aromatic N) is 1. The SMILES string of the molecule is CCNC(=NCC1(CCO)CCOC1)NCC1(c2cccc(C)c2)CCCC1.I. The molecule has 1 aromatic rings. The number of hydrogen-bond acceptors (Lipinski definition) is 3. The van der Waals surface area contributed by atoms with Crippen molar-refractivity contribution in [2.45, 2.75) is 57.8 Å². The molecule has 164 valence electrons. The van der Waals surface area contributed by atoms with E-state index in [2.05, 4.69) is 48.7 Å². The van der Waals surface area contributed by atoms with Crippen molar-refractivity contribution in [3.05, 3.63) is 35.4 Å². The Morgan fingerprint density at radius 1 is 1.21 bits per heavy atom. The molecule has 3 rings (SSSR count). The van der Waals surface area contributed by atoms with Crippen molar-refractivity contribution < 1.29 is 9.84 Å². The van der Waals surface area contributed by atoms with Gasteiger partial charge in [0.25, 0.3) is 0 Å². The van der Waals surface area contributed by atoms with Gasteiger partial charge in [-0.1, -0.05) is 42.7 Å². The first kappa shape index (κ1) is 24.4. The lowest BCUT2D eigenvalue weighted by Crippen LogP contribution is -2.45. The van der Waals surface area contributed by atoms with Gasteiger partial charge in [-0.3, -0.25) is 4.99 Å². The molecule has 1 saturated heterocycles. The van der Waals surface area contributed by atoms with Crippen LogP contribution in [0.15, 0.2) is 29.3 Å². The van der Waals surface area contributed by atoms with Crippen LogP contribution in [0.4, 0.5) is 0 Å². The average Bonchev–Trinajstić information content (AvgIpc) is 3.35. The predicted molar refractivity (Wildman–Crippen MR) is 130 cm³/mol. The summed E-state index contributed by atoms with van der Waals surface area (Å²) in [6.45, 7) is 8.39. The molecule has 2 aliphatic rings. The second kappa shape index (κ2) is 11.5. The first-order valence-corrected chi connectivity index (χ1v) is 10.9.